The Kier molecular flexibility index (Phi) is 3.66. The summed E-state index contributed by atoms with van der Waals surface area (Å²) in [7, 11) is 0. The Labute approximate surface area is 109 Å². The number of nitrogens with zero attached hydrogens (tertiary/aromatic N) is 1. The summed E-state index contributed by atoms with van der Waals surface area (Å²) in [6.07, 6.45) is -0.426. The molecule has 1 fully saturated rings. The van der Waals surface area contributed by atoms with E-state index in [0.29, 0.717) is 0 Å². The van der Waals surface area contributed by atoms with Crippen molar-refractivity contribution >= 4 is 22.6 Å². The third kappa shape index (κ3) is 2.44. The average Bonchev–Trinajstić information content (AvgIpc) is 2.60. The van der Waals surface area contributed by atoms with Gasteiger partial charge < -0.3 is 14.9 Å². The van der Waals surface area contributed by atoms with E-state index in [4.69, 9.17) is 4.74 Å². The number of rotatable bonds is 2. The molecular weight excluding hydrogens is 343 g/mol. The van der Waals surface area contributed by atoms with Crippen molar-refractivity contribution in [3.05, 3.63) is 33.1 Å². The van der Waals surface area contributed by atoms with Crippen molar-refractivity contribution < 1.29 is 14.9 Å². The second-order valence-electron chi connectivity index (χ2n) is 3.75. The zero-order chi connectivity index (χ0) is 12.6. The maximum absolute atomic E-state index is 11.5. The largest absolute Gasteiger partial charge is 0.388 e. The molecule has 0 aliphatic carbocycles. The molecule has 0 saturated carbocycles. The van der Waals surface area contributed by atoms with Crippen LogP contribution in [0.25, 0.3) is 0 Å². The number of hydrogen-bond acceptors (Lipinski definition) is 5. The van der Waals surface area contributed by atoms with Crippen molar-refractivity contribution in [2.45, 2.75) is 22.4 Å². The van der Waals surface area contributed by atoms with Gasteiger partial charge in [-0.1, -0.05) is 0 Å². The number of ether oxygens (including phenoxy) is 1. The Morgan fingerprint density at radius 1 is 1.59 bits per heavy atom. The Hall–Kier alpha value is -0.710. The third-order valence-corrected chi connectivity index (χ3v) is 3.38. The van der Waals surface area contributed by atoms with Crippen LogP contribution < -0.4 is 11.2 Å². The molecule has 1 aromatic rings. The highest BCUT2D eigenvalue weighted by molar-refractivity contribution is 14.1. The summed E-state index contributed by atoms with van der Waals surface area (Å²) in [5.41, 5.74) is -1.10. The molecule has 1 aromatic heterocycles. The van der Waals surface area contributed by atoms with Gasteiger partial charge in [-0.3, -0.25) is 14.3 Å². The number of aliphatic hydroxyl groups excluding tert-OH is 2. The molecular formula is C9H11IN2O5. The van der Waals surface area contributed by atoms with E-state index < -0.39 is 33.6 Å². The second kappa shape index (κ2) is 4.88. The summed E-state index contributed by atoms with van der Waals surface area (Å²) in [6, 6.07) is 0.593. The predicted octanol–water partition coefficient (Wildman–Crippen LogP) is -1.41. The first-order chi connectivity index (χ1) is 8.00. The summed E-state index contributed by atoms with van der Waals surface area (Å²) in [4.78, 5) is 24.5. The molecule has 0 spiro atoms. The fourth-order valence-electron chi connectivity index (χ4n) is 1.80. The molecule has 0 bridgehead atoms. The van der Waals surface area contributed by atoms with E-state index >= 15 is 0 Å². The van der Waals surface area contributed by atoms with Crippen molar-refractivity contribution in [2.24, 2.45) is 0 Å². The number of alkyl halides is 1. The number of halogens is 1. The average molecular weight is 354 g/mol. The van der Waals surface area contributed by atoms with Crippen molar-refractivity contribution in [3.63, 3.8) is 0 Å². The molecule has 8 heteroatoms. The van der Waals surface area contributed by atoms with Crippen molar-refractivity contribution in [1.29, 1.82) is 0 Å². The molecule has 1 saturated heterocycles. The van der Waals surface area contributed by atoms with Crippen molar-refractivity contribution in [1.82, 2.24) is 9.55 Å². The fraction of sp³-hybridized carbons (Fsp3) is 0.556. The normalized spacial score (nSPS) is 30.4. The van der Waals surface area contributed by atoms with Crippen LogP contribution in [0, 0.1) is 0 Å². The standard InChI is InChI=1S/C9H11IN2O5/c10-8(15)7-6(14)4(3-17-7)12-2-1-5(13)11-9(12)16/h1-2,4,6-8,14-15H,3H2,(H,11,13,16)/t4?,6-,7-,8?/m0/s1. The van der Waals surface area contributed by atoms with Crippen LogP contribution in [-0.4, -0.2) is 42.7 Å². The number of aliphatic hydroxyl groups is 2. The first kappa shape index (κ1) is 12.7. The van der Waals surface area contributed by atoms with Gasteiger partial charge in [0.2, 0.25) is 0 Å². The molecule has 0 radical (unpaired) electrons. The van der Waals surface area contributed by atoms with Gasteiger partial charge in [0.05, 0.1) is 12.6 Å². The topological polar surface area (TPSA) is 105 Å². The molecule has 94 valence electrons. The number of nitrogens with one attached hydrogen (secondary N) is 1. The van der Waals surface area contributed by atoms with Crippen LogP contribution in [-0.2, 0) is 4.74 Å². The van der Waals surface area contributed by atoms with Crippen LogP contribution in [0.5, 0.6) is 0 Å². The molecule has 4 atom stereocenters. The Morgan fingerprint density at radius 3 is 2.82 bits per heavy atom. The monoisotopic (exact) mass is 354 g/mol. The van der Waals surface area contributed by atoms with Crippen LogP contribution in [0.15, 0.2) is 21.9 Å². The number of aromatic amines is 1. The van der Waals surface area contributed by atoms with Gasteiger partial charge in [0.15, 0.2) is 0 Å². The van der Waals surface area contributed by atoms with Gasteiger partial charge >= 0.3 is 5.69 Å². The highest BCUT2D eigenvalue weighted by atomic mass is 127. The number of H-pyrrole nitrogens is 1. The zero-order valence-electron chi connectivity index (χ0n) is 8.62. The van der Waals surface area contributed by atoms with E-state index in [2.05, 4.69) is 4.98 Å². The molecule has 2 unspecified atom stereocenters. The van der Waals surface area contributed by atoms with Gasteiger partial charge in [-0.05, 0) is 22.6 Å². The number of aromatic nitrogens is 2. The summed E-state index contributed by atoms with van der Waals surface area (Å²) < 4.78 is 5.56. The second-order valence-corrected chi connectivity index (χ2v) is 5.02. The van der Waals surface area contributed by atoms with E-state index in [0.717, 1.165) is 0 Å². The van der Waals surface area contributed by atoms with Gasteiger partial charge in [-0.2, -0.15) is 0 Å². The molecule has 0 aromatic carbocycles. The molecule has 17 heavy (non-hydrogen) atoms. The Bertz CT molecular complexity index is 511. The van der Waals surface area contributed by atoms with Gasteiger partial charge in [0.25, 0.3) is 5.56 Å². The van der Waals surface area contributed by atoms with Gasteiger partial charge in [-0.15, -0.1) is 0 Å². The summed E-state index contributed by atoms with van der Waals surface area (Å²) in [5.74, 6) is 0. The maximum Gasteiger partial charge on any atom is 0.328 e. The van der Waals surface area contributed by atoms with Crippen molar-refractivity contribution in [3.8, 4) is 0 Å². The minimum Gasteiger partial charge on any atom is -0.388 e. The van der Waals surface area contributed by atoms with Crippen LogP contribution in [0.1, 0.15) is 6.04 Å². The van der Waals surface area contributed by atoms with E-state index in [1.54, 1.807) is 22.6 Å². The lowest BCUT2D eigenvalue weighted by Crippen LogP contribution is -2.39. The first-order valence-electron chi connectivity index (χ1n) is 4.94. The molecule has 1 aliphatic heterocycles. The van der Waals surface area contributed by atoms with E-state index in [-0.39, 0.29) is 6.61 Å². The lowest BCUT2D eigenvalue weighted by atomic mass is 10.1. The van der Waals surface area contributed by atoms with E-state index in [1.165, 1.54) is 16.8 Å². The van der Waals surface area contributed by atoms with Crippen LogP contribution in [0.2, 0.25) is 0 Å². The van der Waals surface area contributed by atoms with Crippen LogP contribution in [0.3, 0.4) is 0 Å². The number of hydrogen-bond donors (Lipinski definition) is 3. The predicted molar refractivity (Wildman–Crippen MR) is 66.1 cm³/mol. The third-order valence-electron chi connectivity index (χ3n) is 2.67. The maximum atomic E-state index is 11.5. The van der Waals surface area contributed by atoms with Crippen LogP contribution in [0.4, 0.5) is 0 Å². The molecule has 7 nitrogen and oxygen atoms in total. The van der Waals surface area contributed by atoms with Gasteiger partial charge in [0, 0.05) is 12.3 Å². The van der Waals surface area contributed by atoms with Gasteiger partial charge in [0.1, 0.15) is 16.3 Å². The SMILES string of the molecule is O=c1ccn(C2CO[C@H](C(O)I)[C@H]2O)c(=O)[nH]1. The van der Waals surface area contributed by atoms with Crippen LogP contribution >= 0.6 is 22.6 Å². The minimum absolute atomic E-state index is 0.109. The van der Waals surface area contributed by atoms with E-state index in [9.17, 15) is 19.8 Å². The Morgan fingerprint density at radius 2 is 2.29 bits per heavy atom. The molecule has 0 amide bonds. The lowest BCUT2D eigenvalue weighted by molar-refractivity contribution is -0.00569. The van der Waals surface area contributed by atoms with Crippen molar-refractivity contribution in [2.75, 3.05) is 6.61 Å². The lowest BCUT2D eigenvalue weighted by Gasteiger charge is -2.19. The first-order valence-corrected chi connectivity index (χ1v) is 6.18. The fourth-order valence-corrected chi connectivity index (χ4v) is 2.43. The summed E-state index contributed by atoms with van der Waals surface area (Å²) in [6.45, 7) is 0.109. The zero-order valence-corrected chi connectivity index (χ0v) is 10.8. The molecule has 2 rings (SSSR count). The van der Waals surface area contributed by atoms with E-state index in [1.807, 2.05) is 0 Å². The Balaban J connectivity index is 2.30. The molecule has 3 N–H and O–H groups in total. The quantitative estimate of drug-likeness (QED) is 0.447. The molecule has 2 heterocycles. The smallest absolute Gasteiger partial charge is 0.328 e. The highest BCUT2D eigenvalue weighted by Crippen LogP contribution is 2.27. The minimum atomic E-state index is -0.995. The molecule has 1 aliphatic rings. The summed E-state index contributed by atoms with van der Waals surface area (Å²) in [5, 5.41) is 19.3. The highest BCUT2D eigenvalue weighted by Gasteiger charge is 2.40. The summed E-state index contributed by atoms with van der Waals surface area (Å²) >= 11 is 1.73. The van der Waals surface area contributed by atoms with Gasteiger partial charge in [-0.25, -0.2) is 4.79 Å².